The van der Waals surface area contributed by atoms with Gasteiger partial charge in [-0.05, 0) is 43.7 Å². The van der Waals surface area contributed by atoms with E-state index in [0.717, 1.165) is 5.56 Å². The minimum atomic E-state index is -1.20. The lowest BCUT2D eigenvalue weighted by Gasteiger charge is -2.27. The Hall–Kier alpha value is -2.72. The predicted octanol–water partition coefficient (Wildman–Crippen LogP) is 5.16. The number of aliphatic hydroxyl groups is 2. The Morgan fingerprint density at radius 1 is 1.06 bits per heavy atom. The standard InChI is InChI=1S/C26H33ClN4O4S/c1-16(2)35-22-12-18(26(5,14-32)15-33)10-11-20(22)30-25-28-13-19(27)24(31-25)29-21-8-6-7-9-23(21)36(34)17(3)4/h6-13,16-17,32-33H,14-15H2,1-5H3,(H2,28,29,30,31). The van der Waals surface area contributed by atoms with E-state index in [1.807, 2.05) is 58.0 Å². The summed E-state index contributed by atoms with van der Waals surface area (Å²) in [5.41, 5.74) is 1.19. The number of hydrogen-bond acceptors (Lipinski definition) is 8. The van der Waals surface area contributed by atoms with Crippen molar-refractivity contribution in [3.05, 3.63) is 59.2 Å². The molecule has 0 aliphatic heterocycles. The summed E-state index contributed by atoms with van der Waals surface area (Å²) in [4.78, 5) is 9.49. The van der Waals surface area contributed by atoms with Crippen molar-refractivity contribution in [2.45, 2.75) is 56.3 Å². The topological polar surface area (TPSA) is 117 Å². The number of aromatic nitrogens is 2. The minimum Gasteiger partial charge on any atom is -0.489 e. The highest BCUT2D eigenvalue weighted by molar-refractivity contribution is 7.85. The number of benzene rings is 2. The number of halogens is 1. The summed E-state index contributed by atoms with van der Waals surface area (Å²) in [6, 6.07) is 12.7. The summed E-state index contributed by atoms with van der Waals surface area (Å²) in [5, 5.41) is 26.2. The molecule has 3 rings (SSSR count). The molecule has 1 atom stereocenters. The van der Waals surface area contributed by atoms with Gasteiger partial charge >= 0.3 is 0 Å². The van der Waals surface area contributed by atoms with Gasteiger partial charge in [0.1, 0.15) is 10.8 Å². The lowest BCUT2D eigenvalue weighted by molar-refractivity contribution is 0.129. The first-order valence-electron chi connectivity index (χ1n) is 11.7. The summed E-state index contributed by atoms with van der Waals surface area (Å²) >= 11 is 6.38. The molecule has 0 radical (unpaired) electrons. The molecular formula is C26H33ClN4O4S. The zero-order valence-corrected chi connectivity index (χ0v) is 22.7. The molecule has 0 bridgehead atoms. The molecule has 1 aromatic heterocycles. The Morgan fingerprint density at radius 2 is 1.75 bits per heavy atom. The molecule has 1 heterocycles. The normalized spacial score (nSPS) is 12.6. The molecule has 0 aliphatic rings. The molecule has 10 heteroatoms. The number of rotatable bonds is 11. The Kier molecular flexibility index (Phi) is 9.30. The van der Waals surface area contributed by atoms with E-state index in [1.165, 1.54) is 6.20 Å². The van der Waals surface area contributed by atoms with E-state index >= 15 is 0 Å². The van der Waals surface area contributed by atoms with Gasteiger partial charge < -0.3 is 25.6 Å². The maximum atomic E-state index is 12.8. The highest BCUT2D eigenvalue weighted by Crippen LogP contribution is 2.35. The quantitative estimate of drug-likeness (QED) is 0.267. The average Bonchev–Trinajstić information content (AvgIpc) is 2.86. The third kappa shape index (κ3) is 6.53. The van der Waals surface area contributed by atoms with Crippen LogP contribution in [0.2, 0.25) is 5.02 Å². The van der Waals surface area contributed by atoms with Crippen molar-refractivity contribution in [1.29, 1.82) is 0 Å². The van der Waals surface area contributed by atoms with Gasteiger partial charge in [-0.1, -0.05) is 50.6 Å². The Bertz CT molecular complexity index is 1220. The second kappa shape index (κ2) is 12.0. The van der Waals surface area contributed by atoms with Gasteiger partial charge in [-0.15, -0.1) is 0 Å². The van der Waals surface area contributed by atoms with E-state index in [-0.39, 0.29) is 30.5 Å². The average molecular weight is 533 g/mol. The van der Waals surface area contributed by atoms with E-state index in [4.69, 9.17) is 16.3 Å². The van der Waals surface area contributed by atoms with Crippen molar-refractivity contribution in [2.24, 2.45) is 0 Å². The molecule has 4 N–H and O–H groups in total. The van der Waals surface area contributed by atoms with Crippen molar-refractivity contribution in [2.75, 3.05) is 23.8 Å². The van der Waals surface area contributed by atoms with E-state index in [2.05, 4.69) is 20.6 Å². The molecule has 3 aromatic rings. The fraction of sp³-hybridized carbons (Fsp3) is 0.385. The van der Waals surface area contributed by atoms with Crippen LogP contribution in [0.5, 0.6) is 5.75 Å². The van der Waals surface area contributed by atoms with Crippen LogP contribution in [0.25, 0.3) is 0 Å². The van der Waals surface area contributed by atoms with Crippen LogP contribution in [-0.2, 0) is 16.2 Å². The van der Waals surface area contributed by atoms with Gasteiger partial charge in [0.05, 0.1) is 52.6 Å². The maximum Gasteiger partial charge on any atom is 0.229 e. The van der Waals surface area contributed by atoms with Crippen LogP contribution in [0.1, 0.15) is 40.2 Å². The summed E-state index contributed by atoms with van der Waals surface area (Å²) < 4.78 is 18.8. The predicted molar refractivity (Wildman–Crippen MR) is 145 cm³/mol. The number of anilines is 4. The summed E-state index contributed by atoms with van der Waals surface area (Å²) in [5.74, 6) is 1.16. The molecule has 0 aliphatic carbocycles. The summed E-state index contributed by atoms with van der Waals surface area (Å²) in [6.45, 7) is 8.97. The number of ether oxygens (including phenoxy) is 1. The lowest BCUT2D eigenvalue weighted by atomic mass is 9.84. The van der Waals surface area contributed by atoms with Crippen molar-refractivity contribution < 1.29 is 19.2 Å². The van der Waals surface area contributed by atoms with Gasteiger partial charge in [0.15, 0.2) is 5.82 Å². The van der Waals surface area contributed by atoms with Crippen LogP contribution in [0.3, 0.4) is 0 Å². The maximum absolute atomic E-state index is 12.8. The molecule has 2 aromatic carbocycles. The Labute approximate surface area is 219 Å². The molecule has 8 nitrogen and oxygen atoms in total. The molecule has 0 amide bonds. The van der Waals surface area contributed by atoms with Crippen LogP contribution in [-0.4, -0.2) is 49.0 Å². The number of nitrogens with one attached hydrogen (secondary N) is 2. The van der Waals surface area contributed by atoms with Crippen LogP contribution in [0, 0.1) is 0 Å². The third-order valence-corrected chi connectivity index (χ3v) is 7.44. The smallest absolute Gasteiger partial charge is 0.229 e. The van der Waals surface area contributed by atoms with Crippen molar-refractivity contribution in [1.82, 2.24) is 9.97 Å². The van der Waals surface area contributed by atoms with Gasteiger partial charge in [-0.3, -0.25) is 4.21 Å². The largest absolute Gasteiger partial charge is 0.489 e. The fourth-order valence-corrected chi connectivity index (χ4v) is 4.54. The second-order valence-electron chi connectivity index (χ2n) is 9.24. The molecule has 0 saturated carbocycles. The number of para-hydroxylation sites is 1. The van der Waals surface area contributed by atoms with Crippen molar-refractivity contribution in [3.8, 4) is 5.75 Å². The summed E-state index contributed by atoms with van der Waals surface area (Å²) in [7, 11) is -1.20. The van der Waals surface area contributed by atoms with Crippen LogP contribution < -0.4 is 15.4 Å². The zero-order chi connectivity index (χ0) is 26.5. The van der Waals surface area contributed by atoms with Gasteiger partial charge in [0.25, 0.3) is 0 Å². The van der Waals surface area contributed by atoms with E-state index in [1.54, 1.807) is 19.1 Å². The first-order chi connectivity index (χ1) is 17.1. The Balaban J connectivity index is 1.94. The van der Waals surface area contributed by atoms with Crippen LogP contribution in [0.15, 0.2) is 53.6 Å². The highest BCUT2D eigenvalue weighted by Gasteiger charge is 2.26. The van der Waals surface area contributed by atoms with Gasteiger partial charge in [-0.2, -0.15) is 4.98 Å². The first kappa shape index (κ1) is 27.9. The van der Waals surface area contributed by atoms with E-state index < -0.39 is 16.2 Å². The first-order valence-corrected chi connectivity index (χ1v) is 13.3. The molecule has 0 fully saturated rings. The van der Waals surface area contributed by atoms with Gasteiger partial charge in [0.2, 0.25) is 5.95 Å². The van der Waals surface area contributed by atoms with Crippen LogP contribution >= 0.6 is 11.6 Å². The summed E-state index contributed by atoms with van der Waals surface area (Å²) in [6.07, 6.45) is 1.37. The molecular weight excluding hydrogens is 500 g/mol. The Morgan fingerprint density at radius 3 is 2.39 bits per heavy atom. The fourth-order valence-electron chi connectivity index (χ4n) is 3.35. The second-order valence-corrected chi connectivity index (χ2v) is 11.6. The molecule has 1 unspecified atom stereocenters. The van der Waals surface area contributed by atoms with E-state index in [9.17, 15) is 14.4 Å². The van der Waals surface area contributed by atoms with Gasteiger partial charge in [-0.25, -0.2) is 4.98 Å². The minimum absolute atomic E-state index is 0.0491. The SMILES string of the molecule is CC(C)Oc1cc(C(C)(CO)CO)ccc1Nc1ncc(Cl)c(Nc2ccccc2S(=O)C(C)C)n1. The van der Waals surface area contributed by atoms with Crippen molar-refractivity contribution >= 4 is 45.5 Å². The van der Waals surface area contributed by atoms with Crippen LogP contribution in [0.4, 0.5) is 23.1 Å². The van der Waals surface area contributed by atoms with Gasteiger partial charge in [0, 0.05) is 10.7 Å². The molecule has 36 heavy (non-hydrogen) atoms. The number of aliphatic hydroxyl groups excluding tert-OH is 2. The number of hydrogen-bond donors (Lipinski definition) is 4. The highest BCUT2D eigenvalue weighted by atomic mass is 35.5. The third-order valence-electron chi connectivity index (χ3n) is 5.51. The molecule has 0 spiro atoms. The van der Waals surface area contributed by atoms with Crippen molar-refractivity contribution in [3.63, 3.8) is 0 Å². The monoisotopic (exact) mass is 532 g/mol. The molecule has 0 saturated heterocycles. The van der Waals surface area contributed by atoms with E-state index in [0.29, 0.717) is 32.9 Å². The zero-order valence-electron chi connectivity index (χ0n) is 21.1. The lowest BCUT2D eigenvalue weighted by Crippen LogP contribution is -2.31. The molecule has 194 valence electrons. The number of nitrogens with zero attached hydrogens (tertiary/aromatic N) is 2.